The first-order valence-corrected chi connectivity index (χ1v) is 11.1. The number of pyridine rings is 1. The quantitative estimate of drug-likeness (QED) is 0.281. The van der Waals surface area contributed by atoms with Gasteiger partial charge >= 0.3 is 0 Å². The topological polar surface area (TPSA) is 54.8 Å². The molecule has 0 saturated carbocycles. The lowest BCUT2D eigenvalue weighted by Crippen LogP contribution is -1.93. The lowest BCUT2D eigenvalue weighted by molar-refractivity contribution is 0.666. The van der Waals surface area contributed by atoms with Gasteiger partial charge in [0.25, 0.3) is 0 Å². The van der Waals surface area contributed by atoms with Crippen LogP contribution in [0, 0.1) is 11.3 Å². The summed E-state index contributed by atoms with van der Waals surface area (Å²) in [4.78, 5) is 4.68. The fourth-order valence-corrected chi connectivity index (χ4v) is 4.97. The van der Waals surface area contributed by atoms with Crippen LogP contribution in [0.5, 0.6) is 0 Å². The summed E-state index contributed by atoms with van der Waals surface area (Å²) in [6.45, 7) is 0. The van der Waals surface area contributed by atoms with E-state index in [-0.39, 0.29) is 0 Å². The van der Waals surface area contributed by atoms with Gasteiger partial charge in [-0.15, -0.1) is 0 Å². The van der Waals surface area contributed by atoms with E-state index in [1.54, 1.807) is 0 Å². The number of benzene rings is 4. The molecule has 3 heterocycles. The van der Waals surface area contributed by atoms with Gasteiger partial charge in [-0.1, -0.05) is 54.6 Å². The number of fused-ring (bicyclic) bond motifs is 6. The summed E-state index contributed by atoms with van der Waals surface area (Å²) in [6, 6.07) is 34.9. The van der Waals surface area contributed by atoms with E-state index in [4.69, 9.17) is 9.68 Å². The second kappa shape index (κ2) is 7.06. The summed E-state index contributed by atoms with van der Waals surface area (Å²) >= 11 is 0. The summed E-state index contributed by atoms with van der Waals surface area (Å²) in [6.07, 6.45) is 1.82. The van der Waals surface area contributed by atoms with Crippen LogP contribution in [0.1, 0.15) is 5.56 Å². The molecule has 4 heteroatoms. The molecule has 0 saturated heterocycles. The van der Waals surface area contributed by atoms with Crippen molar-refractivity contribution in [2.45, 2.75) is 0 Å². The number of furan rings is 1. The van der Waals surface area contributed by atoms with Crippen molar-refractivity contribution >= 4 is 43.9 Å². The molecule has 4 nitrogen and oxygen atoms in total. The highest BCUT2D eigenvalue weighted by Gasteiger charge is 2.19. The van der Waals surface area contributed by atoms with Crippen molar-refractivity contribution in [3.63, 3.8) is 0 Å². The van der Waals surface area contributed by atoms with Crippen molar-refractivity contribution in [2.75, 3.05) is 0 Å². The van der Waals surface area contributed by atoms with E-state index in [0.29, 0.717) is 5.56 Å². The molecule has 0 bridgehead atoms. The van der Waals surface area contributed by atoms with Crippen molar-refractivity contribution in [1.82, 2.24) is 9.55 Å². The van der Waals surface area contributed by atoms with Crippen molar-refractivity contribution in [2.24, 2.45) is 0 Å². The zero-order valence-corrected chi connectivity index (χ0v) is 18.1. The van der Waals surface area contributed by atoms with Gasteiger partial charge in [0.05, 0.1) is 28.4 Å². The molecular weight excluding hydrogens is 418 g/mol. The number of nitriles is 1. The summed E-state index contributed by atoms with van der Waals surface area (Å²) in [5.41, 5.74) is 8.22. The van der Waals surface area contributed by atoms with Crippen LogP contribution in [-0.2, 0) is 0 Å². The van der Waals surface area contributed by atoms with Crippen LogP contribution in [0.15, 0.2) is 108 Å². The van der Waals surface area contributed by atoms with E-state index in [1.807, 2.05) is 36.5 Å². The molecule has 0 spiro atoms. The minimum absolute atomic E-state index is 0.632. The number of hydrogen-bond donors (Lipinski definition) is 0. The lowest BCUT2D eigenvalue weighted by atomic mass is 10.0. The van der Waals surface area contributed by atoms with E-state index in [1.165, 1.54) is 10.8 Å². The molecule has 0 atom stereocenters. The first kappa shape index (κ1) is 18.7. The predicted molar refractivity (Wildman–Crippen MR) is 136 cm³/mol. The van der Waals surface area contributed by atoms with Gasteiger partial charge in [-0.25, -0.2) is 0 Å². The SMILES string of the molecule is N#Cc1ccc(-c2ccnc3c2oc2c(-n4c5ccccc5c5ccccc54)cccc23)cc1. The Labute approximate surface area is 194 Å². The Balaban J connectivity index is 1.56. The van der Waals surface area contributed by atoms with Gasteiger partial charge in [0.15, 0.2) is 11.2 Å². The van der Waals surface area contributed by atoms with Crippen LogP contribution in [0.2, 0.25) is 0 Å². The molecule has 0 aliphatic heterocycles. The third-order valence-electron chi connectivity index (χ3n) is 6.50. The zero-order chi connectivity index (χ0) is 22.6. The van der Waals surface area contributed by atoms with Gasteiger partial charge in [0.2, 0.25) is 0 Å². The Kier molecular flexibility index (Phi) is 3.88. The van der Waals surface area contributed by atoms with Gasteiger partial charge in [-0.2, -0.15) is 5.26 Å². The molecule has 0 unspecified atom stereocenters. The van der Waals surface area contributed by atoms with Crippen LogP contribution < -0.4 is 0 Å². The largest absolute Gasteiger partial charge is 0.451 e. The Morgan fingerprint density at radius 1 is 0.676 bits per heavy atom. The van der Waals surface area contributed by atoms with Crippen molar-refractivity contribution in [1.29, 1.82) is 5.26 Å². The minimum atomic E-state index is 0.632. The Hall–Kier alpha value is -4.88. The molecule has 0 N–H and O–H groups in total. The van der Waals surface area contributed by atoms with Gasteiger partial charge < -0.3 is 8.98 Å². The molecule has 0 amide bonds. The molecule has 0 fully saturated rings. The summed E-state index contributed by atoms with van der Waals surface area (Å²) in [7, 11) is 0. The molecule has 3 aromatic heterocycles. The third kappa shape index (κ3) is 2.55. The van der Waals surface area contributed by atoms with Crippen molar-refractivity contribution < 1.29 is 4.42 Å². The monoisotopic (exact) mass is 435 g/mol. The molecule has 4 aromatic carbocycles. The normalized spacial score (nSPS) is 11.5. The second-order valence-corrected chi connectivity index (χ2v) is 8.35. The predicted octanol–water partition coefficient (Wildman–Crippen LogP) is 7.62. The van der Waals surface area contributed by atoms with E-state index >= 15 is 0 Å². The molecular formula is C30H17N3O. The zero-order valence-electron chi connectivity index (χ0n) is 18.1. The number of rotatable bonds is 2. The first-order valence-electron chi connectivity index (χ1n) is 11.1. The average Bonchev–Trinajstić information content (AvgIpc) is 3.45. The number of hydrogen-bond acceptors (Lipinski definition) is 3. The molecule has 158 valence electrons. The summed E-state index contributed by atoms with van der Waals surface area (Å²) in [5, 5.41) is 12.6. The van der Waals surface area contributed by atoms with Crippen LogP contribution in [0.25, 0.3) is 60.7 Å². The molecule has 0 aliphatic rings. The van der Waals surface area contributed by atoms with E-state index in [0.717, 1.165) is 49.9 Å². The molecule has 7 rings (SSSR count). The van der Waals surface area contributed by atoms with Crippen LogP contribution in [-0.4, -0.2) is 9.55 Å². The number of aromatic nitrogens is 2. The summed E-state index contributed by atoms with van der Waals surface area (Å²) < 4.78 is 8.87. The maximum absolute atomic E-state index is 9.16. The van der Waals surface area contributed by atoms with E-state index in [9.17, 15) is 0 Å². The average molecular weight is 435 g/mol. The van der Waals surface area contributed by atoms with Crippen LogP contribution in [0.4, 0.5) is 0 Å². The van der Waals surface area contributed by atoms with Crippen LogP contribution >= 0.6 is 0 Å². The highest BCUT2D eigenvalue weighted by atomic mass is 16.3. The van der Waals surface area contributed by atoms with Crippen LogP contribution in [0.3, 0.4) is 0 Å². The fraction of sp³-hybridized carbons (Fsp3) is 0. The van der Waals surface area contributed by atoms with Crippen molar-refractivity contribution in [3.8, 4) is 22.9 Å². The maximum atomic E-state index is 9.16. The Bertz CT molecular complexity index is 1860. The molecule has 7 aromatic rings. The third-order valence-corrected chi connectivity index (χ3v) is 6.50. The standard InChI is InChI=1S/C30H17N3O/c31-18-19-12-14-20(15-13-19)21-16-17-32-28-24-8-5-11-27(29(24)34-30(21)28)33-25-9-3-1-6-22(25)23-7-2-4-10-26(23)33/h1-17H. The Morgan fingerprint density at radius 2 is 1.35 bits per heavy atom. The second-order valence-electron chi connectivity index (χ2n) is 8.35. The molecule has 34 heavy (non-hydrogen) atoms. The van der Waals surface area contributed by atoms with Gasteiger partial charge in [-0.05, 0) is 48.0 Å². The number of para-hydroxylation sites is 3. The number of nitrogens with zero attached hydrogens (tertiary/aromatic N) is 3. The summed E-state index contributed by atoms with van der Waals surface area (Å²) in [5.74, 6) is 0. The van der Waals surface area contributed by atoms with Crippen molar-refractivity contribution in [3.05, 3.63) is 109 Å². The van der Waals surface area contributed by atoms with Gasteiger partial charge in [-0.3, -0.25) is 4.98 Å². The highest BCUT2D eigenvalue weighted by molar-refractivity contribution is 6.13. The molecule has 0 aliphatic carbocycles. The first-order chi connectivity index (χ1) is 16.8. The maximum Gasteiger partial charge on any atom is 0.161 e. The lowest BCUT2D eigenvalue weighted by Gasteiger charge is -2.08. The van der Waals surface area contributed by atoms with Gasteiger partial charge in [0, 0.05) is 27.9 Å². The minimum Gasteiger partial charge on any atom is -0.451 e. The van der Waals surface area contributed by atoms with E-state index in [2.05, 4.69) is 82.4 Å². The Morgan fingerprint density at radius 3 is 2.06 bits per heavy atom. The smallest absolute Gasteiger partial charge is 0.161 e. The molecule has 0 radical (unpaired) electrons. The van der Waals surface area contributed by atoms with E-state index < -0.39 is 0 Å². The fourth-order valence-electron chi connectivity index (χ4n) is 4.97. The highest BCUT2D eigenvalue weighted by Crippen LogP contribution is 2.39. The van der Waals surface area contributed by atoms with Gasteiger partial charge in [0.1, 0.15) is 5.52 Å².